The number of carbonyl (C=O) groups is 2. The van der Waals surface area contributed by atoms with Gasteiger partial charge in [-0.2, -0.15) is 0 Å². The molecule has 0 bridgehead atoms. The van der Waals surface area contributed by atoms with Crippen LogP contribution in [-0.4, -0.2) is 28.5 Å². The van der Waals surface area contributed by atoms with Crippen molar-refractivity contribution in [2.75, 3.05) is 6.61 Å². The minimum Gasteiger partial charge on any atom is -0.486 e. The summed E-state index contributed by atoms with van der Waals surface area (Å²) in [5, 5.41) is 1.18. The van der Waals surface area contributed by atoms with Crippen molar-refractivity contribution in [2.24, 2.45) is 0 Å². The fourth-order valence-electron chi connectivity index (χ4n) is 4.11. The molecule has 1 aromatic heterocycles. The fourth-order valence-corrected chi connectivity index (χ4v) is 4.38. The molecule has 0 aliphatic rings. The van der Waals surface area contributed by atoms with Gasteiger partial charge in [0.05, 0.1) is 22.6 Å². The van der Waals surface area contributed by atoms with Gasteiger partial charge >= 0.3 is 5.97 Å². The maximum Gasteiger partial charge on any atom is 0.338 e. The highest BCUT2D eigenvalue weighted by Crippen LogP contribution is 2.28. The lowest BCUT2D eigenvalue weighted by Crippen LogP contribution is -2.23. The van der Waals surface area contributed by atoms with Crippen molar-refractivity contribution in [3.05, 3.63) is 64.8 Å². The monoisotopic (exact) mass is 511 g/mol. The molecule has 6 heteroatoms. The molecule has 0 saturated carbocycles. The van der Waals surface area contributed by atoms with Crippen molar-refractivity contribution in [1.82, 2.24) is 4.57 Å². The van der Waals surface area contributed by atoms with Crippen LogP contribution in [0.15, 0.2) is 48.7 Å². The highest BCUT2D eigenvalue weighted by molar-refractivity contribution is 6.35. The van der Waals surface area contributed by atoms with E-state index < -0.39 is 11.6 Å². The van der Waals surface area contributed by atoms with Crippen LogP contribution in [0.1, 0.15) is 82.1 Å². The number of carbonyl (C=O) groups excluding carboxylic acids is 2. The molecular weight excluding hydrogens is 474 g/mol. The average molecular weight is 512 g/mol. The lowest BCUT2D eigenvalue weighted by atomic mass is 10.0. The number of Topliss-reactive ketones (excluding diaryl/α,β-unsaturated/α-hetero) is 1. The van der Waals surface area contributed by atoms with Gasteiger partial charge in [0.25, 0.3) is 0 Å². The first-order valence-corrected chi connectivity index (χ1v) is 13.3. The second-order valence-electron chi connectivity index (χ2n) is 10.3. The summed E-state index contributed by atoms with van der Waals surface area (Å²) in [7, 11) is 0. The summed E-state index contributed by atoms with van der Waals surface area (Å²) in [6.07, 6.45) is 10.5. The zero-order valence-electron chi connectivity index (χ0n) is 21.9. The van der Waals surface area contributed by atoms with Gasteiger partial charge in [0.15, 0.2) is 5.78 Å². The van der Waals surface area contributed by atoms with Gasteiger partial charge in [0, 0.05) is 11.6 Å². The first-order valence-electron chi connectivity index (χ1n) is 12.9. The van der Waals surface area contributed by atoms with Gasteiger partial charge in [0.2, 0.25) is 0 Å². The Morgan fingerprint density at radius 1 is 0.944 bits per heavy atom. The van der Waals surface area contributed by atoms with Gasteiger partial charge < -0.3 is 14.0 Å². The number of nitrogens with zero attached hydrogens (tertiary/aromatic N) is 1. The minimum atomic E-state index is -0.581. The zero-order chi connectivity index (χ0) is 26.1. The summed E-state index contributed by atoms with van der Waals surface area (Å²) in [6.45, 7) is 7.82. The summed E-state index contributed by atoms with van der Waals surface area (Å²) in [4.78, 5) is 25.0. The van der Waals surface area contributed by atoms with Gasteiger partial charge in [-0.1, -0.05) is 62.8 Å². The molecule has 2 aromatic carbocycles. The van der Waals surface area contributed by atoms with Crippen molar-refractivity contribution in [2.45, 2.75) is 84.8 Å². The minimum absolute atomic E-state index is 0.0238. The number of ketones is 1. The summed E-state index contributed by atoms with van der Waals surface area (Å²) in [5.74, 6) is 0.207. The van der Waals surface area contributed by atoms with Crippen molar-refractivity contribution in [3.8, 4) is 5.75 Å². The maximum absolute atomic E-state index is 12.6. The molecule has 0 fully saturated rings. The molecular formula is C30H38ClNO4. The number of hydrogen-bond acceptors (Lipinski definition) is 4. The molecule has 0 unspecified atom stereocenters. The van der Waals surface area contributed by atoms with Crippen molar-refractivity contribution >= 4 is 34.3 Å². The van der Waals surface area contributed by atoms with Crippen LogP contribution in [0.2, 0.25) is 5.02 Å². The van der Waals surface area contributed by atoms with E-state index in [9.17, 15) is 9.59 Å². The molecule has 0 N–H and O–H groups in total. The Bertz CT molecular complexity index is 1160. The number of rotatable bonds is 13. The van der Waals surface area contributed by atoms with Crippen LogP contribution in [0, 0.1) is 0 Å². The Morgan fingerprint density at radius 2 is 1.64 bits per heavy atom. The van der Waals surface area contributed by atoms with E-state index >= 15 is 0 Å². The van der Waals surface area contributed by atoms with Gasteiger partial charge in [-0.3, -0.25) is 4.79 Å². The Hall–Kier alpha value is -2.79. The summed E-state index contributed by atoms with van der Waals surface area (Å²) >= 11 is 6.41. The Balaban J connectivity index is 1.51. The van der Waals surface area contributed by atoms with Gasteiger partial charge in [-0.25, -0.2) is 4.79 Å². The number of aromatic nitrogens is 1. The molecule has 3 aromatic rings. The highest BCUT2D eigenvalue weighted by atomic mass is 35.5. The van der Waals surface area contributed by atoms with Gasteiger partial charge in [-0.05, 0) is 69.5 Å². The predicted octanol–water partition coefficient (Wildman–Crippen LogP) is 7.80. The van der Waals surface area contributed by atoms with Gasteiger partial charge in [0.1, 0.15) is 18.0 Å². The lowest BCUT2D eigenvalue weighted by molar-refractivity contribution is -0.121. The normalized spacial score (nSPS) is 11.6. The number of esters is 1. The summed E-state index contributed by atoms with van der Waals surface area (Å²) in [5.41, 5.74) is 1.91. The second-order valence-corrected chi connectivity index (χ2v) is 10.7. The number of halogens is 1. The Morgan fingerprint density at radius 3 is 2.33 bits per heavy atom. The second kappa shape index (κ2) is 13.0. The smallest absolute Gasteiger partial charge is 0.338 e. The van der Waals surface area contributed by atoms with Crippen molar-refractivity contribution < 1.29 is 19.1 Å². The van der Waals surface area contributed by atoms with E-state index in [4.69, 9.17) is 21.1 Å². The van der Waals surface area contributed by atoms with Crippen molar-refractivity contribution in [3.63, 3.8) is 0 Å². The number of benzene rings is 2. The zero-order valence-corrected chi connectivity index (χ0v) is 22.7. The van der Waals surface area contributed by atoms with Crippen LogP contribution < -0.4 is 4.74 Å². The standard InChI is InChI=1S/C30H38ClNO4/c1-5-6-7-8-9-10-11-22-12-15-25(16-13-22)35-21-24(33)19-32-20-27(31)26-18-23(14-17-28(26)32)29(34)36-30(2,3)4/h12-18,20H,5-11,19,21H2,1-4H3. The molecule has 3 rings (SSSR count). The fraction of sp³-hybridized carbons (Fsp3) is 0.467. The Kier molecular flexibility index (Phi) is 10.0. The first-order chi connectivity index (χ1) is 17.2. The number of ether oxygens (including phenoxy) is 2. The van der Waals surface area contributed by atoms with Crippen molar-refractivity contribution in [1.29, 1.82) is 0 Å². The van der Waals surface area contributed by atoms with E-state index in [-0.39, 0.29) is 18.9 Å². The third kappa shape index (κ3) is 8.41. The molecule has 0 spiro atoms. The van der Waals surface area contributed by atoms with E-state index in [2.05, 4.69) is 19.1 Å². The van der Waals surface area contributed by atoms with Crippen LogP contribution in [0.3, 0.4) is 0 Å². The third-order valence-electron chi connectivity index (χ3n) is 5.96. The molecule has 36 heavy (non-hydrogen) atoms. The number of fused-ring (bicyclic) bond motifs is 1. The molecule has 1 heterocycles. The number of aryl methyl sites for hydroxylation is 1. The third-order valence-corrected chi connectivity index (χ3v) is 6.26. The lowest BCUT2D eigenvalue weighted by Gasteiger charge is -2.19. The molecule has 0 aliphatic heterocycles. The van der Waals surface area contributed by atoms with E-state index in [1.54, 1.807) is 29.0 Å². The van der Waals surface area contributed by atoms with Crippen LogP contribution in [0.5, 0.6) is 5.75 Å². The van der Waals surface area contributed by atoms with E-state index in [1.807, 2.05) is 32.9 Å². The topological polar surface area (TPSA) is 57.5 Å². The van der Waals surface area contributed by atoms with E-state index in [1.165, 1.54) is 44.1 Å². The number of hydrogen-bond donors (Lipinski definition) is 0. The Labute approximate surface area is 219 Å². The molecule has 0 atom stereocenters. The molecule has 0 amide bonds. The van der Waals surface area contributed by atoms with Crippen LogP contribution >= 0.6 is 11.6 Å². The SMILES string of the molecule is CCCCCCCCc1ccc(OCC(=O)Cn2cc(Cl)c3cc(C(=O)OC(C)(C)C)ccc32)cc1. The first kappa shape index (κ1) is 27.8. The van der Waals surface area contributed by atoms with Crippen LogP contribution in [-0.2, 0) is 22.5 Å². The number of unbranched alkanes of at least 4 members (excludes halogenated alkanes) is 5. The van der Waals surface area contributed by atoms with Crippen LogP contribution in [0.25, 0.3) is 10.9 Å². The highest BCUT2D eigenvalue weighted by Gasteiger charge is 2.19. The van der Waals surface area contributed by atoms with E-state index in [0.29, 0.717) is 21.7 Å². The quantitative estimate of drug-likeness (QED) is 0.173. The molecule has 0 aliphatic carbocycles. The van der Waals surface area contributed by atoms with Gasteiger partial charge in [-0.15, -0.1) is 0 Å². The maximum atomic E-state index is 12.6. The molecule has 0 radical (unpaired) electrons. The summed E-state index contributed by atoms with van der Waals surface area (Å²) < 4.78 is 13.0. The molecule has 0 saturated heterocycles. The average Bonchev–Trinajstić information content (AvgIpc) is 3.14. The molecule has 5 nitrogen and oxygen atoms in total. The molecule has 194 valence electrons. The predicted molar refractivity (Wildman–Crippen MR) is 146 cm³/mol. The van der Waals surface area contributed by atoms with E-state index in [0.717, 1.165) is 11.9 Å². The van der Waals surface area contributed by atoms with Crippen LogP contribution in [0.4, 0.5) is 0 Å². The largest absolute Gasteiger partial charge is 0.486 e. The summed E-state index contributed by atoms with van der Waals surface area (Å²) in [6, 6.07) is 13.2.